The molecular weight excluding hydrogens is 400 g/mol. The minimum absolute atomic E-state index is 0.0397. The highest BCUT2D eigenvalue weighted by molar-refractivity contribution is 6.30. The number of hydrogen-bond acceptors (Lipinski definition) is 4. The molecule has 1 amide bonds. The van der Waals surface area contributed by atoms with Crippen molar-refractivity contribution in [1.82, 2.24) is 14.8 Å². The summed E-state index contributed by atoms with van der Waals surface area (Å²) in [6.07, 6.45) is 4.52. The molecule has 2 aromatic carbocycles. The molecule has 0 unspecified atom stereocenters. The second-order valence-corrected chi connectivity index (χ2v) is 7.90. The second kappa shape index (κ2) is 8.88. The molecule has 0 saturated heterocycles. The van der Waals surface area contributed by atoms with Crippen molar-refractivity contribution in [3.63, 3.8) is 0 Å². The van der Waals surface area contributed by atoms with E-state index in [2.05, 4.69) is 17.0 Å². The highest BCUT2D eigenvalue weighted by Gasteiger charge is 2.39. The van der Waals surface area contributed by atoms with Gasteiger partial charge in [-0.2, -0.15) is 10.1 Å². The van der Waals surface area contributed by atoms with Crippen LogP contribution in [0.2, 0.25) is 5.02 Å². The van der Waals surface area contributed by atoms with Gasteiger partial charge in [-0.25, -0.2) is 4.68 Å². The summed E-state index contributed by atoms with van der Waals surface area (Å²) in [7, 11) is 1.65. The lowest BCUT2D eigenvalue weighted by atomic mass is 9.91. The molecule has 1 aliphatic heterocycles. The van der Waals surface area contributed by atoms with Gasteiger partial charge >= 0.3 is 0 Å². The second-order valence-electron chi connectivity index (χ2n) is 7.46. The number of ether oxygens (including phenoxy) is 1. The lowest BCUT2D eigenvalue weighted by Gasteiger charge is -2.39. The first-order valence-corrected chi connectivity index (χ1v) is 10.6. The number of nitrogens with zero attached hydrogens (tertiary/aromatic N) is 4. The van der Waals surface area contributed by atoms with Crippen LogP contribution < -0.4 is 9.64 Å². The number of fused-ring (bicyclic) bond motifs is 1. The van der Waals surface area contributed by atoms with E-state index in [1.165, 1.54) is 6.33 Å². The molecule has 1 aromatic heterocycles. The van der Waals surface area contributed by atoms with Crippen molar-refractivity contribution < 1.29 is 9.53 Å². The van der Waals surface area contributed by atoms with Gasteiger partial charge in [-0.3, -0.25) is 9.69 Å². The molecule has 0 spiro atoms. The predicted octanol–water partition coefficient (Wildman–Crippen LogP) is 5.20. The van der Waals surface area contributed by atoms with Crippen molar-refractivity contribution in [3.05, 3.63) is 71.0 Å². The van der Waals surface area contributed by atoms with Crippen LogP contribution in [0.25, 0.3) is 0 Å². The first-order valence-electron chi connectivity index (χ1n) is 10.2. The van der Waals surface area contributed by atoms with Crippen LogP contribution in [0.3, 0.4) is 0 Å². The van der Waals surface area contributed by atoms with Crippen LogP contribution in [0.5, 0.6) is 5.75 Å². The van der Waals surface area contributed by atoms with Crippen LogP contribution in [0.4, 0.5) is 5.95 Å². The van der Waals surface area contributed by atoms with Gasteiger partial charge in [0, 0.05) is 11.4 Å². The molecular formula is C23H25ClN4O2. The molecule has 1 aliphatic rings. The quantitative estimate of drug-likeness (QED) is 0.545. The Hall–Kier alpha value is -2.86. The summed E-state index contributed by atoms with van der Waals surface area (Å²) in [5.41, 5.74) is 2.14. The van der Waals surface area contributed by atoms with Gasteiger partial charge in [-0.05, 0) is 48.2 Å². The Morgan fingerprint density at radius 3 is 2.43 bits per heavy atom. The van der Waals surface area contributed by atoms with E-state index in [9.17, 15) is 4.79 Å². The third kappa shape index (κ3) is 3.92. The molecule has 4 rings (SSSR count). The average Bonchev–Trinajstić information content (AvgIpc) is 3.27. The number of benzene rings is 2. The predicted molar refractivity (Wildman–Crippen MR) is 117 cm³/mol. The van der Waals surface area contributed by atoms with Gasteiger partial charge in [0.2, 0.25) is 11.9 Å². The van der Waals surface area contributed by atoms with Crippen molar-refractivity contribution in [2.75, 3.05) is 12.0 Å². The van der Waals surface area contributed by atoms with Gasteiger partial charge in [-0.15, -0.1) is 0 Å². The zero-order valence-electron chi connectivity index (χ0n) is 17.2. The maximum atomic E-state index is 13.2. The van der Waals surface area contributed by atoms with E-state index >= 15 is 0 Å². The van der Waals surface area contributed by atoms with E-state index in [1.807, 2.05) is 58.1 Å². The number of amides is 1. The molecule has 2 atom stereocenters. The first-order chi connectivity index (χ1) is 14.6. The van der Waals surface area contributed by atoms with Gasteiger partial charge in [0.15, 0.2) is 0 Å². The molecule has 0 aliphatic carbocycles. The number of halogens is 1. The average molecular weight is 425 g/mol. The number of methoxy groups -OCH3 is 1. The molecule has 7 heteroatoms. The Morgan fingerprint density at radius 2 is 1.77 bits per heavy atom. The third-order valence-corrected chi connectivity index (χ3v) is 5.84. The summed E-state index contributed by atoms with van der Waals surface area (Å²) in [4.78, 5) is 19.5. The summed E-state index contributed by atoms with van der Waals surface area (Å²) < 4.78 is 7.16. The molecule has 0 fully saturated rings. The third-order valence-electron chi connectivity index (χ3n) is 5.59. The number of hydrogen-bond donors (Lipinski definition) is 0. The van der Waals surface area contributed by atoms with E-state index in [-0.39, 0.29) is 18.0 Å². The molecule has 0 N–H and O–H groups in total. The van der Waals surface area contributed by atoms with E-state index in [0.29, 0.717) is 23.8 Å². The summed E-state index contributed by atoms with van der Waals surface area (Å²) >= 11 is 6.10. The largest absolute Gasteiger partial charge is 0.497 e. The highest BCUT2D eigenvalue weighted by atomic mass is 35.5. The van der Waals surface area contributed by atoms with Crippen molar-refractivity contribution in [2.45, 2.75) is 44.7 Å². The van der Waals surface area contributed by atoms with Gasteiger partial charge in [0.1, 0.15) is 12.1 Å². The van der Waals surface area contributed by atoms with Crippen molar-refractivity contribution >= 4 is 23.5 Å². The van der Waals surface area contributed by atoms with Crippen LogP contribution in [-0.4, -0.2) is 27.8 Å². The number of carbonyl (C=O) groups excluding carboxylic acids is 1. The summed E-state index contributed by atoms with van der Waals surface area (Å²) in [5, 5.41) is 5.16. The minimum atomic E-state index is -0.141. The zero-order valence-corrected chi connectivity index (χ0v) is 17.9. The zero-order chi connectivity index (χ0) is 21.1. The molecule has 30 heavy (non-hydrogen) atoms. The maximum absolute atomic E-state index is 13.2. The fourth-order valence-electron chi connectivity index (χ4n) is 4.00. The Labute approximate surface area is 181 Å². The molecule has 0 saturated carbocycles. The highest BCUT2D eigenvalue weighted by Crippen LogP contribution is 2.42. The Bertz CT molecular complexity index is 1000. The first kappa shape index (κ1) is 20.4. The van der Waals surface area contributed by atoms with Crippen molar-refractivity contribution in [2.24, 2.45) is 0 Å². The molecule has 156 valence electrons. The van der Waals surface area contributed by atoms with Crippen LogP contribution in [-0.2, 0) is 4.79 Å². The van der Waals surface area contributed by atoms with Crippen LogP contribution in [0, 0.1) is 0 Å². The number of anilines is 1. The fourth-order valence-corrected chi connectivity index (χ4v) is 4.13. The molecule has 3 aromatic rings. The van der Waals surface area contributed by atoms with Crippen molar-refractivity contribution in [3.8, 4) is 5.75 Å². The molecule has 0 bridgehead atoms. The van der Waals surface area contributed by atoms with E-state index in [0.717, 1.165) is 29.7 Å². The summed E-state index contributed by atoms with van der Waals surface area (Å²) in [6, 6.07) is 15.5. The monoisotopic (exact) mass is 424 g/mol. The van der Waals surface area contributed by atoms with Crippen molar-refractivity contribution in [1.29, 1.82) is 0 Å². The summed E-state index contributed by atoms with van der Waals surface area (Å²) in [6.45, 7) is 2.09. The maximum Gasteiger partial charge on any atom is 0.231 e. The van der Waals surface area contributed by atoms with Crippen LogP contribution >= 0.6 is 11.6 Å². The lowest BCUT2D eigenvalue weighted by molar-refractivity contribution is -0.119. The van der Waals surface area contributed by atoms with E-state index in [1.54, 1.807) is 7.11 Å². The van der Waals surface area contributed by atoms with E-state index < -0.39 is 0 Å². The fraction of sp³-hybridized carbons (Fsp3) is 0.348. The van der Waals surface area contributed by atoms with Gasteiger partial charge in [0.05, 0.1) is 19.2 Å². The number of unbranched alkanes of at least 4 members (excludes halogenated alkanes) is 1. The standard InChI is InChI=1S/C23H25ClN4O2/c1-3-4-5-22(29)27-20(16-8-12-19(30-2)13-9-16)14-21(28-23(27)25-15-26-28)17-6-10-18(24)11-7-17/h6-13,15,20-21H,3-5,14H2,1-2H3/t20-,21+/m1/s1. The SMILES string of the molecule is CCCCC(=O)N1c2ncnn2[C@H](c2ccc(Cl)cc2)C[C@@H]1c1ccc(OC)cc1. The molecule has 2 heterocycles. The normalized spacial score (nSPS) is 18.2. The number of carbonyl (C=O) groups is 1. The lowest BCUT2D eigenvalue weighted by Crippen LogP contribution is -2.42. The number of rotatable bonds is 6. The number of aromatic nitrogens is 3. The summed E-state index contributed by atoms with van der Waals surface area (Å²) in [5.74, 6) is 1.44. The Morgan fingerprint density at radius 1 is 1.10 bits per heavy atom. The van der Waals surface area contributed by atoms with Crippen LogP contribution in [0.1, 0.15) is 55.8 Å². The topological polar surface area (TPSA) is 60.2 Å². The van der Waals surface area contributed by atoms with E-state index in [4.69, 9.17) is 16.3 Å². The van der Waals surface area contributed by atoms with Crippen LogP contribution in [0.15, 0.2) is 54.9 Å². The minimum Gasteiger partial charge on any atom is -0.497 e. The molecule has 0 radical (unpaired) electrons. The molecule has 6 nitrogen and oxygen atoms in total. The van der Waals surface area contributed by atoms with Gasteiger partial charge in [-0.1, -0.05) is 49.2 Å². The smallest absolute Gasteiger partial charge is 0.231 e. The van der Waals surface area contributed by atoms with Gasteiger partial charge in [0.25, 0.3) is 0 Å². The Balaban J connectivity index is 1.78. The Kier molecular flexibility index (Phi) is 6.04. The van der Waals surface area contributed by atoms with Gasteiger partial charge < -0.3 is 4.74 Å².